The number of nitrogens with zero attached hydrogens (tertiary/aromatic N) is 1. The molecule has 2 aromatic carbocycles. The van der Waals surface area contributed by atoms with Crippen LogP contribution in [0.25, 0.3) is 0 Å². The molecule has 0 spiro atoms. The minimum absolute atomic E-state index is 0.249. The summed E-state index contributed by atoms with van der Waals surface area (Å²) in [5.41, 5.74) is 8.44. The molecule has 0 radical (unpaired) electrons. The Balaban J connectivity index is 0.000000827. The topological polar surface area (TPSA) is 97.5 Å². The zero-order valence-electron chi connectivity index (χ0n) is 23.2. The van der Waals surface area contributed by atoms with E-state index in [0.717, 1.165) is 30.9 Å². The van der Waals surface area contributed by atoms with Gasteiger partial charge in [0.15, 0.2) is 5.13 Å². The van der Waals surface area contributed by atoms with Crippen molar-refractivity contribution in [2.45, 2.75) is 72.8 Å². The summed E-state index contributed by atoms with van der Waals surface area (Å²) < 4.78 is 5.33. The van der Waals surface area contributed by atoms with Gasteiger partial charge in [0.25, 0.3) is 0 Å². The number of nitrogens with two attached hydrogens (primary N) is 1. The van der Waals surface area contributed by atoms with E-state index < -0.39 is 6.10 Å². The maximum atomic E-state index is 10.7. The highest BCUT2D eigenvalue weighted by Gasteiger charge is 2.23. The standard InChI is InChI=1S/C17H15Cl2N3OS.C9H20O.C2H6.CH2O/c1-9-4-2-5-10(8-9)21-17-22-16(20)15(24-17)14(23)13-11(18)6-3-7-12(13)19;1-3-5-6-7-9-10-8-4-2;2*1-2/h2-8,14,23H,20H2,1H3,(H,21,22);3-9H2,1-2H3;1-2H3;1H2. The van der Waals surface area contributed by atoms with E-state index in [1.165, 1.54) is 37.0 Å². The van der Waals surface area contributed by atoms with Gasteiger partial charge in [-0.25, -0.2) is 4.98 Å². The van der Waals surface area contributed by atoms with Crippen LogP contribution >= 0.6 is 34.5 Å². The first-order valence-corrected chi connectivity index (χ1v) is 14.5. The molecule has 4 N–H and O–H groups in total. The molecule has 1 unspecified atom stereocenters. The first-order chi connectivity index (χ1) is 18.4. The molecule has 0 amide bonds. The number of aliphatic hydroxyl groups is 1. The van der Waals surface area contributed by atoms with Crippen LogP contribution < -0.4 is 11.1 Å². The highest BCUT2D eigenvalue weighted by molar-refractivity contribution is 7.16. The Morgan fingerprint density at radius 2 is 1.66 bits per heavy atom. The average molecular weight is 585 g/mol. The lowest BCUT2D eigenvalue weighted by Gasteiger charge is -2.13. The molecule has 3 aromatic rings. The summed E-state index contributed by atoms with van der Waals surface area (Å²) in [7, 11) is 0. The molecule has 212 valence electrons. The number of anilines is 3. The van der Waals surface area contributed by atoms with Crippen molar-refractivity contribution in [3.63, 3.8) is 0 Å². The zero-order valence-corrected chi connectivity index (χ0v) is 25.6. The van der Waals surface area contributed by atoms with Crippen LogP contribution in [0.1, 0.15) is 81.9 Å². The molecule has 6 nitrogen and oxygen atoms in total. The predicted octanol–water partition coefficient (Wildman–Crippen LogP) is 9.00. The van der Waals surface area contributed by atoms with E-state index in [1.54, 1.807) is 18.2 Å². The van der Waals surface area contributed by atoms with Gasteiger partial charge in [-0.15, -0.1) is 0 Å². The van der Waals surface area contributed by atoms with Crippen LogP contribution in [0.2, 0.25) is 10.0 Å². The van der Waals surface area contributed by atoms with Gasteiger partial charge in [-0.2, -0.15) is 0 Å². The summed E-state index contributed by atoms with van der Waals surface area (Å²) in [6.07, 6.45) is 5.36. The van der Waals surface area contributed by atoms with Gasteiger partial charge in [0, 0.05) is 34.5 Å². The third kappa shape index (κ3) is 13.1. The molecule has 38 heavy (non-hydrogen) atoms. The van der Waals surface area contributed by atoms with Crippen LogP contribution in [0.5, 0.6) is 0 Å². The molecule has 0 fully saturated rings. The second-order valence-electron chi connectivity index (χ2n) is 7.97. The van der Waals surface area contributed by atoms with Gasteiger partial charge < -0.3 is 25.7 Å². The van der Waals surface area contributed by atoms with Crippen LogP contribution in [-0.2, 0) is 9.53 Å². The van der Waals surface area contributed by atoms with Crippen LogP contribution in [0, 0.1) is 6.92 Å². The lowest BCUT2D eigenvalue weighted by molar-refractivity contribution is -0.0980. The number of hydrogen-bond acceptors (Lipinski definition) is 7. The fraction of sp³-hybridized carbons (Fsp3) is 0.448. The number of rotatable bonds is 11. The molecule has 1 aromatic heterocycles. The number of carbonyl (C=O) groups excluding carboxylic acids is 1. The average Bonchev–Trinajstić information content (AvgIpc) is 3.28. The maximum absolute atomic E-state index is 10.7. The number of nitrogens with one attached hydrogen (secondary N) is 1. The first-order valence-electron chi connectivity index (χ1n) is 13.0. The van der Waals surface area contributed by atoms with E-state index in [1.807, 2.05) is 51.8 Å². The number of aromatic nitrogens is 1. The molecular formula is C29H43Cl2N3O3S. The fourth-order valence-electron chi connectivity index (χ4n) is 3.22. The Kier molecular flexibility index (Phi) is 20.5. The van der Waals surface area contributed by atoms with Gasteiger partial charge in [-0.05, 0) is 49.6 Å². The van der Waals surface area contributed by atoms with Crippen molar-refractivity contribution < 1.29 is 14.6 Å². The van der Waals surface area contributed by atoms with Crippen molar-refractivity contribution in [1.82, 2.24) is 4.98 Å². The summed E-state index contributed by atoms with van der Waals surface area (Å²) >= 11 is 13.6. The third-order valence-electron chi connectivity index (χ3n) is 4.96. The number of halogens is 2. The van der Waals surface area contributed by atoms with Gasteiger partial charge in [0.2, 0.25) is 0 Å². The lowest BCUT2D eigenvalue weighted by Crippen LogP contribution is -2.02. The molecule has 1 heterocycles. The van der Waals surface area contributed by atoms with Gasteiger partial charge >= 0.3 is 0 Å². The number of benzene rings is 2. The first kappa shape index (κ1) is 35.8. The lowest BCUT2D eigenvalue weighted by atomic mass is 10.1. The second-order valence-corrected chi connectivity index (χ2v) is 9.82. The van der Waals surface area contributed by atoms with Crippen molar-refractivity contribution in [3.05, 3.63) is 68.5 Å². The summed E-state index contributed by atoms with van der Waals surface area (Å²) in [4.78, 5) is 12.8. The number of hydrogen-bond donors (Lipinski definition) is 3. The van der Waals surface area contributed by atoms with Crippen LogP contribution in [-0.4, -0.2) is 30.1 Å². The van der Waals surface area contributed by atoms with Crippen molar-refractivity contribution >= 4 is 58.0 Å². The Morgan fingerprint density at radius 1 is 1.03 bits per heavy atom. The second kappa shape index (κ2) is 21.7. The number of unbranched alkanes of at least 4 members (excludes halogenated alkanes) is 3. The Labute approximate surface area is 242 Å². The SMILES string of the molecule is C=O.CC.CCCCCCOCCC.Cc1cccc(Nc2nc(N)c(C(O)c3c(Cl)cccc3Cl)s2)c1. The van der Waals surface area contributed by atoms with E-state index in [9.17, 15) is 5.11 Å². The normalized spacial score (nSPS) is 10.6. The molecule has 0 saturated carbocycles. The molecular weight excluding hydrogens is 541 g/mol. The summed E-state index contributed by atoms with van der Waals surface area (Å²) in [6, 6.07) is 13.0. The van der Waals surface area contributed by atoms with Gasteiger partial charge in [0.05, 0.1) is 4.88 Å². The molecule has 1 atom stereocenters. The largest absolute Gasteiger partial charge is 0.383 e. The van der Waals surface area contributed by atoms with E-state index >= 15 is 0 Å². The minimum Gasteiger partial charge on any atom is -0.383 e. The smallest absolute Gasteiger partial charge is 0.189 e. The van der Waals surface area contributed by atoms with Crippen molar-refractivity contribution in [2.75, 3.05) is 24.3 Å². The Morgan fingerprint density at radius 3 is 2.24 bits per heavy atom. The van der Waals surface area contributed by atoms with Crippen LogP contribution in [0.4, 0.5) is 16.6 Å². The molecule has 3 rings (SSSR count). The highest BCUT2D eigenvalue weighted by atomic mass is 35.5. The van der Waals surface area contributed by atoms with Gasteiger partial charge in [-0.3, -0.25) is 0 Å². The van der Waals surface area contributed by atoms with E-state index in [-0.39, 0.29) is 5.82 Å². The number of nitrogen functional groups attached to an aromatic ring is 1. The van der Waals surface area contributed by atoms with E-state index in [0.29, 0.717) is 25.6 Å². The van der Waals surface area contributed by atoms with E-state index in [2.05, 4.69) is 24.1 Å². The van der Waals surface area contributed by atoms with Gasteiger partial charge in [0.1, 0.15) is 18.7 Å². The fourth-order valence-corrected chi connectivity index (χ4v) is 4.72. The zero-order chi connectivity index (χ0) is 28.9. The molecule has 0 aliphatic carbocycles. The van der Waals surface area contributed by atoms with Crippen molar-refractivity contribution in [1.29, 1.82) is 0 Å². The number of ether oxygens (including phenoxy) is 1. The molecule has 0 bridgehead atoms. The predicted molar refractivity (Wildman–Crippen MR) is 165 cm³/mol. The van der Waals surface area contributed by atoms with Gasteiger partial charge in [-0.1, -0.05) is 99.7 Å². The molecule has 0 aliphatic rings. The van der Waals surface area contributed by atoms with Crippen molar-refractivity contribution in [3.8, 4) is 0 Å². The number of thiazole rings is 1. The summed E-state index contributed by atoms with van der Waals surface area (Å²) in [5, 5.41) is 15.2. The maximum Gasteiger partial charge on any atom is 0.189 e. The number of aliphatic hydroxyl groups excluding tert-OH is 1. The minimum atomic E-state index is -1.03. The molecule has 0 saturated heterocycles. The quantitative estimate of drug-likeness (QED) is 0.195. The summed E-state index contributed by atoms with van der Waals surface area (Å²) in [5.74, 6) is 0.249. The van der Waals surface area contributed by atoms with Crippen LogP contribution in [0.15, 0.2) is 42.5 Å². The monoisotopic (exact) mass is 583 g/mol. The summed E-state index contributed by atoms with van der Waals surface area (Å²) in [6.45, 7) is 14.3. The number of carbonyl (C=O) groups is 1. The highest BCUT2D eigenvalue weighted by Crippen LogP contribution is 2.40. The van der Waals surface area contributed by atoms with E-state index in [4.69, 9.17) is 38.5 Å². The Bertz CT molecular complexity index is 1010. The van der Waals surface area contributed by atoms with Crippen molar-refractivity contribution in [2.24, 2.45) is 0 Å². The molecule has 9 heteroatoms. The third-order valence-corrected chi connectivity index (χ3v) is 6.66. The number of aryl methyl sites for hydroxylation is 1. The van der Waals surface area contributed by atoms with Crippen LogP contribution in [0.3, 0.4) is 0 Å². The molecule has 0 aliphatic heterocycles. The Hall–Kier alpha value is -2.16.